The number of hydrogen-bond acceptors (Lipinski definition) is 4. The normalized spacial score (nSPS) is 11.4. The second kappa shape index (κ2) is 9.03. The molecule has 0 fully saturated rings. The fraction of sp³-hybridized carbons (Fsp3) is 0.333. The van der Waals surface area contributed by atoms with E-state index in [1.54, 1.807) is 0 Å². The number of nitrogens with zero attached hydrogens (tertiary/aromatic N) is 4. The molecule has 0 amide bonds. The lowest BCUT2D eigenvalue weighted by atomic mass is 10.0. The maximum Gasteiger partial charge on any atom is 0.262 e. The number of tetrazole rings is 1. The molecule has 2 heterocycles. The molecule has 0 bridgehead atoms. The van der Waals surface area contributed by atoms with Gasteiger partial charge in [-0.1, -0.05) is 62.7 Å². The van der Waals surface area contributed by atoms with Crippen LogP contribution < -0.4 is 5.56 Å². The molecule has 0 atom stereocenters. The van der Waals surface area contributed by atoms with Crippen molar-refractivity contribution in [2.75, 3.05) is 0 Å². The van der Waals surface area contributed by atoms with Gasteiger partial charge >= 0.3 is 0 Å². The average Bonchev–Trinajstić information content (AvgIpc) is 3.28. The number of rotatable bonds is 8. The third-order valence-corrected chi connectivity index (χ3v) is 5.59. The summed E-state index contributed by atoms with van der Waals surface area (Å²) < 4.78 is 1.87. The molecular weight excluding hydrogens is 374 g/mol. The standard InChI is InChI=1S/C24H27N5O/c1-17(2)19-13-9-14-21-20(16-19)22(23-25-27-28-26-23)24(30)29(21)15-8-4-7-12-18-10-5-3-6-11-18/h3,5-6,9-11,13-14,16-17H,4,7-8,12,15H2,1-2H3,(H,25,26,27,28). The van der Waals surface area contributed by atoms with Gasteiger partial charge in [0.25, 0.3) is 5.56 Å². The van der Waals surface area contributed by atoms with E-state index in [0.29, 0.717) is 23.9 Å². The van der Waals surface area contributed by atoms with Crippen LogP contribution in [0.4, 0.5) is 0 Å². The van der Waals surface area contributed by atoms with Crippen LogP contribution in [0.3, 0.4) is 0 Å². The van der Waals surface area contributed by atoms with Gasteiger partial charge in [-0.2, -0.15) is 0 Å². The number of fused-ring (bicyclic) bond motifs is 1. The Hall–Kier alpha value is -3.28. The molecule has 0 radical (unpaired) electrons. The first-order chi connectivity index (χ1) is 14.6. The van der Waals surface area contributed by atoms with Gasteiger partial charge in [-0.05, 0) is 58.9 Å². The zero-order chi connectivity index (χ0) is 20.9. The molecule has 2 aliphatic rings. The number of aromatic nitrogens is 5. The van der Waals surface area contributed by atoms with Gasteiger partial charge in [-0.3, -0.25) is 4.79 Å². The van der Waals surface area contributed by atoms with Crippen molar-refractivity contribution in [2.24, 2.45) is 0 Å². The van der Waals surface area contributed by atoms with Gasteiger partial charge in [0, 0.05) is 12.1 Å². The Morgan fingerprint density at radius 1 is 1.00 bits per heavy atom. The zero-order valence-corrected chi connectivity index (χ0v) is 17.5. The fourth-order valence-corrected chi connectivity index (χ4v) is 3.92. The van der Waals surface area contributed by atoms with Gasteiger partial charge in [0.1, 0.15) is 0 Å². The summed E-state index contributed by atoms with van der Waals surface area (Å²) in [5.74, 6) is 0.784. The highest BCUT2D eigenvalue weighted by molar-refractivity contribution is 5.81. The van der Waals surface area contributed by atoms with Gasteiger partial charge in [-0.25, -0.2) is 5.10 Å². The smallest absolute Gasteiger partial charge is 0.262 e. The van der Waals surface area contributed by atoms with Gasteiger partial charge < -0.3 is 4.57 Å². The van der Waals surface area contributed by atoms with E-state index in [2.05, 4.69) is 70.9 Å². The van der Waals surface area contributed by atoms with Crippen molar-refractivity contribution in [3.05, 3.63) is 76.1 Å². The van der Waals surface area contributed by atoms with Crippen molar-refractivity contribution in [3.63, 3.8) is 0 Å². The molecular formula is C24H27N5O. The van der Waals surface area contributed by atoms with Crippen LogP contribution in [0.15, 0.2) is 59.4 Å². The maximum absolute atomic E-state index is 13.3. The van der Waals surface area contributed by atoms with Gasteiger partial charge in [0.15, 0.2) is 5.82 Å². The van der Waals surface area contributed by atoms with Crippen LogP contribution in [0.5, 0.6) is 0 Å². The Kier molecular flexibility index (Phi) is 6.02. The van der Waals surface area contributed by atoms with E-state index in [1.807, 2.05) is 22.8 Å². The van der Waals surface area contributed by atoms with E-state index >= 15 is 0 Å². The molecule has 2 aromatic rings. The van der Waals surface area contributed by atoms with Crippen molar-refractivity contribution < 1.29 is 0 Å². The minimum Gasteiger partial charge on any atom is -0.308 e. The molecule has 1 aliphatic heterocycles. The first kappa shape index (κ1) is 20.0. The first-order valence-electron chi connectivity index (χ1n) is 10.6. The summed E-state index contributed by atoms with van der Waals surface area (Å²) in [4.78, 5) is 13.3. The molecule has 1 aromatic carbocycles. The van der Waals surface area contributed by atoms with Crippen molar-refractivity contribution in [3.8, 4) is 22.6 Å². The fourth-order valence-electron chi connectivity index (χ4n) is 3.92. The van der Waals surface area contributed by atoms with Crippen LogP contribution in [-0.4, -0.2) is 25.2 Å². The SMILES string of the molecule is CC(C)c1cccc2n(CCCCCc3ccccc3)c(=O)c(-c3nnn[nH]3)c-2c1. The Labute approximate surface area is 176 Å². The number of unbranched alkanes of at least 4 members (excludes halogenated alkanes) is 2. The summed E-state index contributed by atoms with van der Waals surface area (Å²) in [6.07, 6.45) is 4.21. The van der Waals surface area contributed by atoms with E-state index < -0.39 is 0 Å². The van der Waals surface area contributed by atoms with Gasteiger partial charge in [0.2, 0.25) is 0 Å². The molecule has 1 aromatic heterocycles. The Morgan fingerprint density at radius 3 is 2.57 bits per heavy atom. The van der Waals surface area contributed by atoms with Crippen LogP contribution in [0, 0.1) is 0 Å². The largest absolute Gasteiger partial charge is 0.308 e. The lowest BCUT2D eigenvalue weighted by molar-refractivity contribution is 0.584. The van der Waals surface area contributed by atoms with Crippen LogP contribution in [0.25, 0.3) is 22.6 Å². The predicted octanol–water partition coefficient (Wildman–Crippen LogP) is 4.67. The molecule has 6 heteroatoms. The summed E-state index contributed by atoms with van der Waals surface area (Å²) in [6.45, 7) is 4.99. The number of nitrogens with one attached hydrogen (secondary N) is 1. The highest BCUT2D eigenvalue weighted by Crippen LogP contribution is 2.32. The monoisotopic (exact) mass is 401 g/mol. The van der Waals surface area contributed by atoms with E-state index in [4.69, 9.17) is 0 Å². The highest BCUT2D eigenvalue weighted by Gasteiger charge is 2.23. The molecule has 6 nitrogen and oxygen atoms in total. The molecule has 1 N–H and O–H groups in total. The number of aromatic amines is 1. The summed E-state index contributed by atoms with van der Waals surface area (Å²) in [5.41, 5.74) is 4.89. The predicted molar refractivity (Wildman–Crippen MR) is 119 cm³/mol. The lowest BCUT2D eigenvalue weighted by Crippen LogP contribution is -2.16. The Balaban J connectivity index is 1.58. The molecule has 0 saturated heterocycles. The second-order valence-corrected chi connectivity index (χ2v) is 8.00. The van der Waals surface area contributed by atoms with Crippen molar-refractivity contribution in [2.45, 2.75) is 52.0 Å². The number of hydrogen-bond donors (Lipinski definition) is 1. The number of benzene rings is 1. The Bertz CT molecular complexity index is 1120. The van der Waals surface area contributed by atoms with E-state index in [9.17, 15) is 4.79 Å². The quantitative estimate of drug-likeness (QED) is 0.435. The highest BCUT2D eigenvalue weighted by atomic mass is 16.1. The lowest BCUT2D eigenvalue weighted by Gasteiger charge is -2.07. The second-order valence-electron chi connectivity index (χ2n) is 8.00. The van der Waals surface area contributed by atoms with Gasteiger partial charge in [-0.15, -0.1) is 5.10 Å². The third kappa shape index (κ3) is 4.17. The molecule has 0 saturated carbocycles. The molecule has 30 heavy (non-hydrogen) atoms. The molecule has 4 rings (SSSR count). The minimum atomic E-state index is -0.0347. The number of H-pyrrole nitrogens is 1. The maximum atomic E-state index is 13.3. The van der Waals surface area contributed by atoms with E-state index in [1.165, 1.54) is 11.1 Å². The number of aryl methyl sites for hydroxylation is 1. The summed E-state index contributed by atoms with van der Waals surface area (Å²) >= 11 is 0. The molecule has 154 valence electrons. The van der Waals surface area contributed by atoms with Crippen LogP contribution in [0.2, 0.25) is 0 Å². The van der Waals surface area contributed by atoms with Crippen molar-refractivity contribution in [1.29, 1.82) is 0 Å². The summed E-state index contributed by atoms with van der Waals surface area (Å²) in [6, 6.07) is 18.8. The van der Waals surface area contributed by atoms with Crippen LogP contribution >= 0.6 is 0 Å². The van der Waals surface area contributed by atoms with Gasteiger partial charge in [0.05, 0.1) is 11.3 Å². The minimum absolute atomic E-state index is 0.0347. The molecule has 0 spiro atoms. The molecule has 1 aliphatic carbocycles. The van der Waals surface area contributed by atoms with Crippen molar-refractivity contribution in [1.82, 2.24) is 25.2 Å². The van der Waals surface area contributed by atoms with Crippen LogP contribution in [0.1, 0.15) is 50.2 Å². The Morgan fingerprint density at radius 2 is 1.83 bits per heavy atom. The average molecular weight is 402 g/mol. The van der Waals surface area contributed by atoms with Crippen molar-refractivity contribution >= 4 is 0 Å². The molecule has 0 unspecified atom stereocenters. The summed E-state index contributed by atoms with van der Waals surface area (Å²) in [7, 11) is 0. The van der Waals surface area contributed by atoms with E-state index in [0.717, 1.165) is 36.9 Å². The zero-order valence-electron chi connectivity index (χ0n) is 17.5. The third-order valence-electron chi connectivity index (χ3n) is 5.59. The van der Waals surface area contributed by atoms with E-state index in [-0.39, 0.29) is 5.56 Å². The summed E-state index contributed by atoms with van der Waals surface area (Å²) in [5, 5.41) is 14.1. The topological polar surface area (TPSA) is 76.5 Å². The van der Waals surface area contributed by atoms with Crippen LogP contribution in [-0.2, 0) is 13.0 Å². The first-order valence-corrected chi connectivity index (χ1v) is 10.6.